The van der Waals surface area contributed by atoms with E-state index in [9.17, 15) is 9.18 Å². The molecule has 1 N–H and O–H groups in total. The van der Waals surface area contributed by atoms with Gasteiger partial charge in [-0.05, 0) is 34.1 Å². The maximum atomic E-state index is 13.1. The molecular weight excluding hydrogens is 340 g/mol. The predicted molar refractivity (Wildman–Crippen MR) is 70.4 cm³/mol. The maximum absolute atomic E-state index is 13.1. The third kappa shape index (κ3) is 3.21. The fraction of sp³-hybridized carbons (Fsp3) is 0. The molecule has 7 heteroatoms. The second-order valence-electron chi connectivity index (χ2n) is 3.49. The Balaban J connectivity index is 2.42. The van der Waals surface area contributed by atoms with Gasteiger partial charge in [0.05, 0.1) is 0 Å². The van der Waals surface area contributed by atoms with Gasteiger partial charge in [0.2, 0.25) is 5.88 Å². The van der Waals surface area contributed by atoms with Crippen LogP contribution >= 0.6 is 27.5 Å². The molecule has 1 heterocycles. The average molecular weight is 347 g/mol. The minimum absolute atomic E-state index is 0.00188. The smallest absolute Gasteiger partial charge is 0.339 e. The standard InChI is InChI=1S/C12H6BrClFNO3/c13-6-3-9(14)11(16-5-6)19-10-4-7(15)1-2-8(10)12(17)18/h1-5H,(H,17,18). The summed E-state index contributed by atoms with van der Waals surface area (Å²) in [4.78, 5) is 14.9. The van der Waals surface area contributed by atoms with E-state index in [1.165, 1.54) is 12.3 Å². The first-order valence-corrected chi connectivity index (χ1v) is 6.16. The van der Waals surface area contributed by atoms with Crippen LogP contribution in [0.5, 0.6) is 11.6 Å². The molecule has 1 aromatic carbocycles. The molecule has 0 bridgehead atoms. The molecule has 0 saturated heterocycles. The molecule has 0 saturated carbocycles. The van der Waals surface area contributed by atoms with Crippen molar-refractivity contribution >= 4 is 33.5 Å². The number of hydrogen-bond acceptors (Lipinski definition) is 3. The molecule has 0 fully saturated rings. The Labute approximate surface area is 120 Å². The van der Waals surface area contributed by atoms with Crippen molar-refractivity contribution in [1.82, 2.24) is 4.98 Å². The largest absolute Gasteiger partial charge is 0.478 e. The van der Waals surface area contributed by atoms with Crippen molar-refractivity contribution < 1.29 is 19.0 Å². The lowest BCUT2D eigenvalue weighted by atomic mass is 10.2. The number of carboxylic acid groups (broad SMARTS) is 1. The maximum Gasteiger partial charge on any atom is 0.339 e. The summed E-state index contributed by atoms with van der Waals surface area (Å²) in [6.45, 7) is 0. The Hall–Kier alpha value is -1.66. The molecule has 0 radical (unpaired) electrons. The summed E-state index contributed by atoms with van der Waals surface area (Å²) in [6, 6.07) is 4.64. The number of pyridine rings is 1. The zero-order valence-electron chi connectivity index (χ0n) is 9.23. The van der Waals surface area contributed by atoms with Gasteiger partial charge in [0.1, 0.15) is 22.2 Å². The van der Waals surface area contributed by atoms with E-state index >= 15 is 0 Å². The molecule has 0 amide bonds. The summed E-state index contributed by atoms with van der Waals surface area (Å²) in [5.74, 6) is -2.02. The number of nitrogens with zero attached hydrogens (tertiary/aromatic N) is 1. The van der Waals surface area contributed by atoms with Gasteiger partial charge in [0.25, 0.3) is 0 Å². The van der Waals surface area contributed by atoms with Crippen LogP contribution in [-0.4, -0.2) is 16.1 Å². The molecule has 0 spiro atoms. The highest BCUT2D eigenvalue weighted by atomic mass is 79.9. The van der Waals surface area contributed by atoms with Gasteiger partial charge in [-0.3, -0.25) is 0 Å². The second-order valence-corrected chi connectivity index (χ2v) is 4.81. The van der Waals surface area contributed by atoms with Gasteiger partial charge in [-0.25, -0.2) is 14.2 Å². The van der Waals surface area contributed by atoms with E-state index in [1.807, 2.05) is 0 Å². The second kappa shape index (κ2) is 5.54. The summed E-state index contributed by atoms with van der Waals surface area (Å²) >= 11 is 9.07. The molecule has 0 aliphatic carbocycles. The molecule has 4 nitrogen and oxygen atoms in total. The van der Waals surface area contributed by atoms with Crippen LogP contribution in [0.1, 0.15) is 10.4 Å². The molecule has 2 aromatic rings. The van der Waals surface area contributed by atoms with Crippen molar-refractivity contribution in [2.24, 2.45) is 0 Å². The molecule has 0 aliphatic rings. The fourth-order valence-corrected chi connectivity index (χ4v) is 2.01. The summed E-state index contributed by atoms with van der Waals surface area (Å²) in [5.41, 5.74) is -0.179. The van der Waals surface area contributed by atoms with E-state index < -0.39 is 11.8 Å². The first-order chi connectivity index (χ1) is 8.97. The lowest BCUT2D eigenvalue weighted by Crippen LogP contribution is -2.01. The normalized spacial score (nSPS) is 10.3. The SMILES string of the molecule is O=C(O)c1ccc(F)cc1Oc1ncc(Br)cc1Cl. The van der Waals surface area contributed by atoms with Gasteiger partial charge in [-0.2, -0.15) is 0 Å². The lowest BCUT2D eigenvalue weighted by Gasteiger charge is -2.09. The monoisotopic (exact) mass is 345 g/mol. The Morgan fingerprint density at radius 3 is 2.79 bits per heavy atom. The third-order valence-electron chi connectivity index (χ3n) is 2.15. The molecule has 1 aromatic heterocycles. The number of carbonyl (C=O) groups is 1. The molecular formula is C12H6BrClFNO3. The van der Waals surface area contributed by atoms with Crippen molar-refractivity contribution in [3.05, 3.63) is 51.3 Å². The van der Waals surface area contributed by atoms with Crippen LogP contribution in [0, 0.1) is 5.82 Å². The number of halogens is 3. The first kappa shape index (κ1) is 13.8. The van der Waals surface area contributed by atoms with Gasteiger partial charge in [-0.1, -0.05) is 11.6 Å². The molecule has 0 unspecified atom stereocenters. The van der Waals surface area contributed by atoms with E-state index in [4.69, 9.17) is 21.4 Å². The number of aromatic carboxylic acids is 1. The Kier molecular flexibility index (Phi) is 4.01. The van der Waals surface area contributed by atoms with E-state index in [-0.39, 0.29) is 22.2 Å². The number of hydrogen-bond donors (Lipinski definition) is 1. The number of rotatable bonds is 3. The minimum atomic E-state index is -1.23. The van der Waals surface area contributed by atoms with Crippen LogP contribution in [-0.2, 0) is 0 Å². The van der Waals surface area contributed by atoms with Crippen LogP contribution in [0.4, 0.5) is 4.39 Å². The van der Waals surface area contributed by atoms with Gasteiger partial charge in [0.15, 0.2) is 0 Å². The van der Waals surface area contributed by atoms with Crippen LogP contribution in [0.2, 0.25) is 5.02 Å². The number of benzene rings is 1. The number of carboxylic acids is 1. The first-order valence-electron chi connectivity index (χ1n) is 4.99. The summed E-state index contributed by atoms with van der Waals surface area (Å²) < 4.78 is 19.0. The molecule has 0 atom stereocenters. The van der Waals surface area contributed by atoms with Gasteiger partial charge in [0, 0.05) is 16.7 Å². The lowest BCUT2D eigenvalue weighted by molar-refractivity contribution is 0.0694. The quantitative estimate of drug-likeness (QED) is 0.908. The fourth-order valence-electron chi connectivity index (χ4n) is 1.34. The summed E-state index contributed by atoms with van der Waals surface area (Å²) in [7, 11) is 0. The van der Waals surface area contributed by atoms with Gasteiger partial charge in [-0.15, -0.1) is 0 Å². The van der Waals surface area contributed by atoms with Crippen molar-refractivity contribution in [3.63, 3.8) is 0 Å². The van der Waals surface area contributed by atoms with Crippen LogP contribution in [0.25, 0.3) is 0 Å². The molecule has 98 valence electrons. The predicted octanol–water partition coefficient (Wildman–Crippen LogP) is 4.13. The minimum Gasteiger partial charge on any atom is -0.478 e. The summed E-state index contributed by atoms with van der Waals surface area (Å²) in [6.07, 6.45) is 1.43. The van der Waals surface area contributed by atoms with E-state index in [1.54, 1.807) is 0 Å². The van der Waals surface area contributed by atoms with E-state index in [0.29, 0.717) is 4.47 Å². The molecule has 0 aliphatic heterocycles. The van der Waals surface area contributed by atoms with Crippen molar-refractivity contribution in [2.45, 2.75) is 0 Å². The third-order valence-corrected chi connectivity index (χ3v) is 2.86. The molecule has 2 rings (SSSR count). The van der Waals surface area contributed by atoms with Crippen molar-refractivity contribution in [3.8, 4) is 11.6 Å². The highest BCUT2D eigenvalue weighted by Gasteiger charge is 2.15. The average Bonchev–Trinajstić information content (AvgIpc) is 2.32. The Morgan fingerprint density at radius 1 is 1.42 bits per heavy atom. The Bertz CT molecular complexity index is 651. The number of ether oxygens (including phenoxy) is 1. The van der Waals surface area contributed by atoms with Gasteiger partial charge >= 0.3 is 5.97 Å². The number of aromatic nitrogens is 1. The highest BCUT2D eigenvalue weighted by Crippen LogP contribution is 2.31. The topological polar surface area (TPSA) is 59.4 Å². The molecule has 19 heavy (non-hydrogen) atoms. The van der Waals surface area contributed by atoms with Crippen molar-refractivity contribution in [2.75, 3.05) is 0 Å². The zero-order chi connectivity index (χ0) is 14.0. The van der Waals surface area contributed by atoms with E-state index in [0.717, 1.165) is 18.2 Å². The Morgan fingerprint density at radius 2 is 2.16 bits per heavy atom. The van der Waals surface area contributed by atoms with Crippen molar-refractivity contribution in [1.29, 1.82) is 0 Å². The van der Waals surface area contributed by atoms with Gasteiger partial charge < -0.3 is 9.84 Å². The summed E-state index contributed by atoms with van der Waals surface area (Å²) in [5, 5.41) is 9.16. The zero-order valence-corrected chi connectivity index (χ0v) is 11.6. The van der Waals surface area contributed by atoms with Crippen LogP contribution in [0.15, 0.2) is 34.9 Å². The van der Waals surface area contributed by atoms with E-state index in [2.05, 4.69) is 20.9 Å². The van der Waals surface area contributed by atoms with Crippen LogP contribution < -0.4 is 4.74 Å². The highest BCUT2D eigenvalue weighted by molar-refractivity contribution is 9.10. The van der Waals surface area contributed by atoms with Crippen LogP contribution in [0.3, 0.4) is 0 Å².